The van der Waals surface area contributed by atoms with Gasteiger partial charge in [-0.3, -0.25) is 4.90 Å². The van der Waals surface area contributed by atoms with Gasteiger partial charge in [0.05, 0.1) is 13.2 Å². The van der Waals surface area contributed by atoms with E-state index >= 15 is 0 Å². The number of carbonyl (C=O) groups excluding carboxylic acids is 1. The minimum atomic E-state index is 0.526. The molecule has 1 fully saturated rings. The number of aldehydes is 1. The fraction of sp³-hybridized carbons (Fsp3) is 0.500. The van der Waals surface area contributed by atoms with Crippen LogP contribution in [-0.2, 0) is 16.1 Å². The molecule has 1 heterocycles. The van der Waals surface area contributed by atoms with Crippen LogP contribution in [0, 0.1) is 0 Å². The van der Waals surface area contributed by atoms with Crippen molar-refractivity contribution in [1.82, 2.24) is 4.90 Å². The van der Waals surface area contributed by atoms with Gasteiger partial charge in [-0.25, -0.2) is 0 Å². The fourth-order valence-electron chi connectivity index (χ4n) is 2.32. The molecule has 0 radical (unpaired) electrons. The van der Waals surface area contributed by atoms with E-state index in [1.165, 1.54) is 5.69 Å². The van der Waals surface area contributed by atoms with Crippen molar-refractivity contribution >= 4 is 23.6 Å². The Bertz CT molecular complexity index is 431. The van der Waals surface area contributed by atoms with Crippen LogP contribution in [0.15, 0.2) is 18.2 Å². The molecule has 0 N–H and O–H groups in total. The Kier molecular flexibility index (Phi) is 5.19. The van der Waals surface area contributed by atoms with Crippen molar-refractivity contribution in [1.29, 1.82) is 0 Å². The highest BCUT2D eigenvalue weighted by Crippen LogP contribution is 2.24. The summed E-state index contributed by atoms with van der Waals surface area (Å²) in [4.78, 5) is 15.0. The maximum absolute atomic E-state index is 10.5. The quantitative estimate of drug-likeness (QED) is 0.771. The van der Waals surface area contributed by atoms with Gasteiger partial charge in [-0.2, -0.15) is 0 Å². The summed E-state index contributed by atoms with van der Waals surface area (Å²) in [5, 5.41) is 0.741. The largest absolute Gasteiger partial charge is 0.380 e. The molecule has 0 amide bonds. The number of methoxy groups -OCH3 is 1. The summed E-state index contributed by atoms with van der Waals surface area (Å²) in [5.74, 6) is 0. The monoisotopic (exact) mass is 282 g/mol. The number of hydrogen-bond acceptors (Lipinski definition) is 4. The zero-order valence-corrected chi connectivity index (χ0v) is 11.9. The molecule has 19 heavy (non-hydrogen) atoms. The normalized spacial score (nSPS) is 16.6. The molecule has 0 spiro atoms. The third-order valence-corrected chi connectivity index (χ3v) is 3.77. The van der Waals surface area contributed by atoms with E-state index in [2.05, 4.69) is 15.9 Å². The van der Waals surface area contributed by atoms with Crippen LogP contribution in [0.4, 0.5) is 5.69 Å². The first-order valence-corrected chi connectivity index (χ1v) is 6.80. The second-order valence-corrected chi connectivity index (χ2v) is 5.07. The van der Waals surface area contributed by atoms with Crippen LogP contribution in [0.5, 0.6) is 0 Å². The number of ether oxygens (including phenoxy) is 1. The molecule has 5 heteroatoms. The predicted octanol–water partition coefficient (Wildman–Crippen LogP) is 1.81. The minimum Gasteiger partial charge on any atom is -0.380 e. The van der Waals surface area contributed by atoms with Crippen molar-refractivity contribution in [3.05, 3.63) is 28.8 Å². The molecule has 0 saturated carbocycles. The second-order valence-electron chi connectivity index (χ2n) is 4.66. The van der Waals surface area contributed by atoms with Crippen molar-refractivity contribution in [2.24, 2.45) is 0 Å². The van der Waals surface area contributed by atoms with Gasteiger partial charge in [0.25, 0.3) is 0 Å². The number of halogens is 1. The summed E-state index contributed by atoms with van der Waals surface area (Å²) >= 11 is 6.13. The van der Waals surface area contributed by atoms with E-state index in [0.717, 1.165) is 43.1 Å². The standard InChI is InChI=1S/C14H19ClN2O2/c1-19-11-12-10-13(2-3-14(12)15)17-6-4-16(5-7-17)8-9-18/h2-3,9-10H,4-8,11H2,1H3. The maximum atomic E-state index is 10.5. The molecular formula is C14H19ClN2O2. The Balaban J connectivity index is 2.02. The summed E-state index contributed by atoms with van der Waals surface area (Å²) in [6.07, 6.45) is 0.967. The molecule has 104 valence electrons. The summed E-state index contributed by atoms with van der Waals surface area (Å²) in [5.41, 5.74) is 2.18. The van der Waals surface area contributed by atoms with E-state index in [1.807, 2.05) is 12.1 Å². The fourth-order valence-corrected chi connectivity index (χ4v) is 2.49. The lowest BCUT2D eigenvalue weighted by Gasteiger charge is -2.35. The van der Waals surface area contributed by atoms with E-state index in [9.17, 15) is 4.79 Å². The first-order valence-electron chi connectivity index (χ1n) is 6.43. The van der Waals surface area contributed by atoms with Gasteiger partial charge in [-0.1, -0.05) is 11.6 Å². The molecule has 0 unspecified atom stereocenters. The van der Waals surface area contributed by atoms with Crippen molar-refractivity contribution < 1.29 is 9.53 Å². The van der Waals surface area contributed by atoms with Crippen LogP contribution < -0.4 is 4.90 Å². The highest BCUT2D eigenvalue weighted by atomic mass is 35.5. The van der Waals surface area contributed by atoms with Crippen molar-refractivity contribution in [3.8, 4) is 0 Å². The summed E-state index contributed by atoms with van der Waals surface area (Å²) in [6.45, 7) is 4.76. The first-order chi connectivity index (χ1) is 9.24. The van der Waals surface area contributed by atoms with Crippen LogP contribution in [0.3, 0.4) is 0 Å². The van der Waals surface area contributed by atoms with Crippen molar-refractivity contribution in [2.45, 2.75) is 6.61 Å². The number of benzene rings is 1. The van der Waals surface area contributed by atoms with Crippen LogP contribution >= 0.6 is 11.6 Å². The first kappa shape index (κ1) is 14.3. The lowest BCUT2D eigenvalue weighted by atomic mass is 10.1. The molecular weight excluding hydrogens is 264 g/mol. The number of carbonyl (C=O) groups is 1. The third-order valence-electron chi connectivity index (χ3n) is 3.40. The van der Waals surface area contributed by atoms with Gasteiger partial charge < -0.3 is 14.4 Å². The molecule has 1 aromatic rings. The minimum absolute atomic E-state index is 0.526. The predicted molar refractivity (Wildman–Crippen MR) is 76.9 cm³/mol. The summed E-state index contributed by atoms with van der Waals surface area (Å²) in [7, 11) is 1.67. The van der Waals surface area contributed by atoms with Crippen LogP contribution in [0.1, 0.15) is 5.56 Å². The number of anilines is 1. The maximum Gasteiger partial charge on any atom is 0.133 e. The molecule has 1 aromatic carbocycles. The number of hydrogen-bond donors (Lipinski definition) is 0. The second kappa shape index (κ2) is 6.89. The van der Waals surface area contributed by atoms with E-state index in [0.29, 0.717) is 13.2 Å². The van der Waals surface area contributed by atoms with Gasteiger partial charge in [0, 0.05) is 44.0 Å². The number of nitrogens with zero attached hydrogens (tertiary/aromatic N) is 2. The van der Waals surface area contributed by atoms with Gasteiger partial charge in [0.15, 0.2) is 0 Å². The summed E-state index contributed by atoms with van der Waals surface area (Å²) in [6, 6.07) is 6.04. The Morgan fingerprint density at radius 1 is 1.32 bits per heavy atom. The van der Waals surface area contributed by atoms with Gasteiger partial charge in [-0.05, 0) is 23.8 Å². The molecule has 0 atom stereocenters. The van der Waals surface area contributed by atoms with Crippen molar-refractivity contribution in [3.63, 3.8) is 0 Å². The Hall–Kier alpha value is -1.10. The lowest BCUT2D eigenvalue weighted by Crippen LogP contribution is -2.46. The molecule has 2 rings (SSSR count). The number of rotatable bonds is 5. The molecule has 1 aliphatic heterocycles. The smallest absolute Gasteiger partial charge is 0.133 e. The van der Waals surface area contributed by atoms with E-state index in [1.54, 1.807) is 7.11 Å². The lowest BCUT2D eigenvalue weighted by molar-refractivity contribution is -0.108. The van der Waals surface area contributed by atoms with E-state index in [4.69, 9.17) is 16.3 Å². The highest BCUT2D eigenvalue weighted by Gasteiger charge is 2.17. The summed E-state index contributed by atoms with van der Waals surface area (Å²) < 4.78 is 5.15. The zero-order chi connectivity index (χ0) is 13.7. The molecule has 0 bridgehead atoms. The van der Waals surface area contributed by atoms with Crippen molar-refractivity contribution in [2.75, 3.05) is 44.7 Å². The highest BCUT2D eigenvalue weighted by molar-refractivity contribution is 6.31. The SMILES string of the molecule is COCc1cc(N2CCN(CC=O)CC2)ccc1Cl. The molecule has 0 aliphatic carbocycles. The molecule has 1 aliphatic rings. The van der Waals surface area contributed by atoms with Gasteiger partial charge in [0.1, 0.15) is 6.29 Å². The molecule has 0 aromatic heterocycles. The average Bonchev–Trinajstić information content (AvgIpc) is 2.43. The van der Waals surface area contributed by atoms with Gasteiger partial charge in [-0.15, -0.1) is 0 Å². The Morgan fingerprint density at radius 3 is 2.68 bits per heavy atom. The Morgan fingerprint density at radius 2 is 2.05 bits per heavy atom. The van der Waals surface area contributed by atoms with Crippen LogP contribution in [0.2, 0.25) is 5.02 Å². The van der Waals surface area contributed by atoms with Crippen LogP contribution in [0.25, 0.3) is 0 Å². The average molecular weight is 283 g/mol. The molecule has 1 saturated heterocycles. The van der Waals surface area contributed by atoms with Gasteiger partial charge >= 0.3 is 0 Å². The van der Waals surface area contributed by atoms with E-state index in [-0.39, 0.29) is 0 Å². The Labute approximate surface area is 118 Å². The third kappa shape index (κ3) is 3.69. The topological polar surface area (TPSA) is 32.8 Å². The zero-order valence-electron chi connectivity index (χ0n) is 11.1. The number of piperazine rings is 1. The van der Waals surface area contributed by atoms with Crippen LogP contribution in [-0.4, -0.2) is 51.0 Å². The molecule has 4 nitrogen and oxygen atoms in total. The van der Waals surface area contributed by atoms with E-state index < -0.39 is 0 Å². The van der Waals surface area contributed by atoms with Gasteiger partial charge in [0.2, 0.25) is 0 Å².